The fourth-order valence-corrected chi connectivity index (χ4v) is 1.75. The quantitative estimate of drug-likeness (QED) is 0.796. The van der Waals surface area contributed by atoms with Crippen molar-refractivity contribution < 1.29 is 4.74 Å². The number of hydrogen-bond acceptors (Lipinski definition) is 2. The summed E-state index contributed by atoms with van der Waals surface area (Å²) in [6, 6.07) is 7.76. The zero-order chi connectivity index (χ0) is 10.5. The second-order valence-electron chi connectivity index (χ2n) is 3.54. The van der Waals surface area contributed by atoms with E-state index >= 15 is 0 Å². The van der Waals surface area contributed by atoms with Crippen LogP contribution >= 0.6 is 11.6 Å². The Kier molecular flexibility index (Phi) is 3.64. The van der Waals surface area contributed by atoms with Gasteiger partial charge in [0.2, 0.25) is 0 Å². The minimum absolute atomic E-state index is 0.734. The highest BCUT2D eigenvalue weighted by Gasteiger charge is 2.04. The lowest BCUT2D eigenvalue weighted by Gasteiger charge is -2.15. The van der Waals surface area contributed by atoms with E-state index in [1.807, 2.05) is 24.3 Å². The van der Waals surface area contributed by atoms with Gasteiger partial charge in [0.05, 0.1) is 23.9 Å². The van der Waals surface area contributed by atoms with Crippen molar-refractivity contribution in [1.29, 1.82) is 0 Å². The highest BCUT2D eigenvalue weighted by Crippen LogP contribution is 2.20. The van der Waals surface area contributed by atoms with Gasteiger partial charge >= 0.3 is 0 Å². The summed E-state index contributed by atoms with van der Waals surface area (Å²) in [5.74, 6) is 0. The predicted octanol–water partition coefficient (Wildman–Crippen LogP) is 3.10. The lowest BCUT2D eigenvalue weighted by atomic mass is 10.2. The van der Waals surface area contributed by atoms with Crippen LogP contribution in [0.3, 0.4) is 0 Å². The number of anilines is 1. The molecule has 1 aliphatic heterocycles. The fraction of sp³-hybridized carbons (Fsp3) is 0.333. The van der Waals surface area contributed by atoms with Gasteiger partial charge in [-0.05, 0) is 24.1 Å². The van der Waals surface area contributed by atoms with Crippen molar-refractivity contribution in [2.75, 3.05) is 25.1 Å². The lowest BCUT2D eigenvalue weighted by molar-refractivity contribution is 0.150. The summed E-state index contributed by atoms with van der Waals surface area (Å²) in [4.78, 5) is 0. The topological polar surface area (TPSA) is 21.3 Å². The highest BCUT2D eigenvalue weighted by atomic mass is 35.5. The molecule has 80 valence electrons. The molecular formula is C12H14ClNO. The first-order valence-corrected chi connectivity index (χ1v) is 5.48. The van der Waals surface area contributed by atoms with E-state index in [2.05, 4.69) is 11.4 Å². The summed E-state index contributed by atoms with van der Waals surface area (Å²) in [6.07, 6.45) is 3.24. The van der Waals surface area contributed by atoms with Crippen molar-refractivity contribution >= 4 is 17.3 Å². The van der Waals surface area contributed by atoms with Crippen LogP contribution in [0.5, 0.6) is 0 Å². The van der Waals surface area contributed by atoms with Gasteiger partial charge in [-0.25, -0.2) is 0 Å². The Morgan fingerprint density at radius 1 is 1.33 bits per heavy atom. The molecule has 0 amide bonds. The number of hydrogen-bond donors (Lipinski definition) is 1. The predicted molar refractivity (Wildman–Crippen MR) is 63.5 cm³/mol. The van der Waals surface area contributed by atoms with Gasteiger partial charge in [-0.1, -0.05) is 29.8 Å². The molecule has 0 saturated heterocycles. The Bertz CT molecular complexity index is 362. The molecule has 2 nitrogen and oxygen atoms in total. The number of ether oxygens (including phenoxy) is 1. The number of nitrogens with one attached hydrogen (secondary N) is 1. The maximum Gasteiger partial charge on any atom is 0.0693 e. The number of halogens is 1. The van der Waals surface area contributed by atoms with Gasteiger partial charge in [0.1, 0.15) is 0 Å². The average molecular weight is 224 g/mol. The normalized spacial score (nSPS) is 15.9. The van der Waals surface area contributed by atoms with Gasteiger partial charge in [0.15, 0.2) is 0 Å². The van der Waals surface area contributed by atoms with Crippen molar-refractivity contribution in [3.8, 4) is 0 Å². The van der Waals surface area contributed by atoms with Crippen LogP contribution in [0, 0.1) is 0 Å². The van der Waals surface area contributed by atoms with Crippen molar-refractivity contribution in [2.45, 2.75) is 6.42 Å². The van der Waals surface area contributed by atoms with Crippen LogP contribution in [-0.4, -0.2) is 19.8 Å². The molecule has 1 aromatic carbocycles. The van der Waals surface area contributed by atoms with Crippen molar-refractivity contribution in [1.82, 2.24) is 0 Å². The van der Waals surface area contributed by atoms with E-state index < -0.39 is 0 Å². The Balaban J connectivity index is 1.93. The van der Waals surface area contributed by atoms with Crippen LogP contribution in [0.2, 0.25) is 5.02 Å². The summed E-state index contributed by atoms with van der Waals surface area (Å²) >= 11 is 6.03. The molecule has 2 rings (SSSR count). The Morgan fingerprint density at radius 2 is 2.20 bits per heavy atom. The van der Waals surface area contributed by atoms with E-state index in [9.17, 15) is 0 Å². The van der Waals surface area contributed by atoms with Crippen molar-refractivity contribution in [3.63, 3.8) is 0 Å². The maximum absolute atomic E-state index is 6.03. The maximum atomic E-state index is 6.03. The van der Waals surface area contributed by atoms with Gasteiger partial charge in [0.25, 0.3) is 0 Å². The third kappa shape index (κ3) is 2.98. The number of rotatable bonds is 3. The van der Waals surface area contributed by atoms with E-state index in [4.69, 9.17) is 16.3 Å². The number of benzene rings is 1. The molecule has 1 heterocycles. The third-order valence-electron chi connectivity index (χ3n) is 2.36. The van der Waals surface area contributed by atoms with E-state index in [-0.39, 0.29) is 0 Å². The second-order valence-corrected chi connectivity index (χ2v) is 3.94. The average Bonchev–Trinajstić information content (AvgIpc) is 2.29. The van der Waals surface area contributed by atoms with Crippen LogP contribution < -0.4 is 5.32 Å². The lowest BCUT2D eigenvalue weighted by Crippen LogP contribution is -2.14. The molecule has 0 atom stereocenters. The molecule has 3 heteroatoms. The van der Waals surface area contributed by atoms with Crippen LogP contribution in [0.1, 0.15) is 6.42 Å². The zero-order valence-corrected chi connectivity index (χ0v) is 9.26. The molecule has 0 spiro atoms. The molecule has 15 heavy (non-hydrogen) atoms. The summed E-state index contributed by atoms with van der Waals surface area (Å²) in [7, 11) is 0. The first kappa shape index (κ1) is 10.5. The summed E-state index contributed by atoms with van der Waals surface area (Å²) < 4.78 is 5.36. The van der Waals surface area contributed by atoms with Gasteiger partial charge in [0, 0.05) is 6.54 Å². The van der Waals surface area contributed by atoms with Crippen molar-refractivity contribution in [2.24, 2.45) is 0 Å². The van der Waals surface area contributed by atoms with Crippen LogP contribution in [0.4, 0.5) is 5.69 Å². The first-order chi connectivity index (χ1) is 7.36. The Labute approximate surface area is 94.9 Å². The standard InChI is InChI=1S/C12H14ClNO/c13-11-5-1-2-6-12(11)14-8-10-4-3-7-15-9-10/h1-2,4-6,14H,3,7-9H2. The molecule has 0 bridgehead atoms. The molecule has 0 aromatic heterocycles. The van der Waals surface area contributed by atoms with E-state index in [1.54, 1.807) is 0 Å². The largest absolute Gasteiger partial charge is 0.380 e. The molecule has 1 aromatic rings. The minimum atomic E-state index is 0.734. The van der Waals surface area contributed by atoms with Gasteiger partial charge in [-0.3, -0.25) is 0 Å². The highest BCUT2D eigenvalue weighted by molar-refractivity contribution is 6.33. The molecule has 0 unspecified atom stereocenters. The Hall–Kier alpha value is -0.990. The van der Waals surface area contributed by atoms with Crippen molar-refractivity contribution in [3.05, 3.63) is 40.9 Å². The monoisotopic (exact) mass is 223 g/mol. The molecular weight excluding hydrogens is 210 g/mol. The van der Waals surface area contributed by atoms with Crippen LogP contribution in [0.15, 0.2) is 35.9 Å². The van der Waals surface area contributed by atoms with Crippen LogP contribution in [0.25, 0.3) is 0 Å². The van der Waals surface area contributed by atoms with Gasteiger partial charge in [-0.15, -0.1) is 0 Å². The first-order valence-electron chi connectivity index (χ1n) is 5.10. The smallest absolute Gasteiger partial charge is 0.0693 e. The second kappa shape index (κ2) is 5.19. The molecule has 1 aliphatic rings. The van der Waals surface area contributed by atoms with E-state index in [1.165, 1.54) is 5.57 Å². The van der Waals surface area contributed by atoms with E-state index in [0.29, 0.717) is 0 Å². The molecule has 0 saturated carbocycles. The minimum Gasteiger partial charge on any atom is -0.380 e. The fourth-order valence-electron chi connectivity index (χ4n) is 1.55. The van der Waals surface area contributed by atoms with Crippen LogP contribution in [-0.2, 0) is 4.74 Å². The van der Waals surface area contributed by atoms with Gasteiger partial charge in [-0.2, -0.15) is 0 Å². The summed E-state index contributed by atoms with van der Waals surface area (Å²) in [5.41, 5.74) is 2.27. The number of para-hydroxylation sites is 1. The zero-order valence-electron chi connectivity index (χ0n) is 8.50. The van der Waals surface area contributed by atoms with E-state index in [0.717, 1.165) is 36.9 Å². The summed E-state index contributed by atoms with van der Waals surface area (Å²) in [5, 5.41) is 4.06. The SMILES string of the molecule is Clc1ccccc1NCC1=CCCOC1. The molecule has 0 aliphatic carbocycles. The molecule has 0 radical (unpaired) electrons. The third-order valence-corrected chi connectivity index (χ3v) is 2.69. The summed E-state index contributed by atoms with van der Waals surface area (Å²) in [6.45, 7) is 2.39. The Morgan fingerprint density at radius 3 is 2.93 bits per heavy atom. The van der Waals surface area contributed by atoms with Gasteiger partial charge < -0.3 is 10.1 Å². The molecule has 1 N–H and O–H groups in total. The molecule has 0 fully saturated rings.